The lowest BCUT2D eigenvalue weighted by molar-refractivity contribution is 1.05. The predicted octanol–water partition coefficient (Wildman–Crippen LogP) is 3.79. The molecular weight excluding hydrogens is 236 g/mol. The number of thiazole rings is 1. The summed E-state index contributed by atoms with van der Waals surface area (Å²) < 4.78 is 0. The van der Waals surface area contributed by atoms with Gasteiger partial charge in [-0.3, -0.25) is 0 Å². The summed E-state index contributed by atoms with van der Waals surface area (Å²) in [4.78, 5) is 5.70. The quantitative estimate of drug-likeness (QED) is 0.836. The molecule has 1 heterocycles. The van der Waals surface area contributed by atoms with Crippen LogP contribution in [0.15, 0.2) is 34.5 Å². The SMILES string of the molecule is CSc1ccc(NCc2csc(C)n2)cc1. The average molecular weight is 250 g/mol. The Balaban J connectivity index is 1.94. The van der Waals surface area contributed by atoms with E-state index < -0.39 is 0 Å². The number of benzene rings is 1. The number of hydrogen-bond donors (Lipinski definition) is 1. The van der Waals surface area contributed by atoms with Gasteiger partial charge in [-0.25, -0.2) is 4.98 Å². The van der Waals surface area contributed by atoms with E-state index in [2.05, 4.69) is 46.2 Å². The topological polar surface area (TPSA) is 24.9 Å². The van der Waals surface area contributed by atoms with Gasteiger partial charge in [0.15, 0.2) is 0 Å². The molecule has 0 saturated heterocycles. The van der Waals surface area contributed by atoms with E-state index in [4.69, 9.17) is 0 Å². The molecule has 2 aromatic rings. The second-order valence-corrected chi connectivity index (χ2v) is 5.38. The summed E-state index contributed by atoms with van der Waals surface area (Å²) in [6.07, 6.45) is 2.08. The molecule has 0 atom stereocenters. The molecule has 0 amide bonds. The van der Waals surface area contributed by atoms with Crippen LogP contribution in [0.3, 0.4) is 0 Å². The standard InChI is InChI=1S/C12H14N2S2/c1-9-14-11(8-16-9)7-13-10-3-5-12(15-2)6-4-10/h3-6,8,13H,7H2,1-2H3. The number of nitrogens with zero attached hydrogens (tertiary/aromatic N) is 1. The van der Waals surface area contributed by atoms with Gasteiger partial charge in [0.25, 0.3) is 0 Å². The molecule has 1 aromatic carbocycles. The molecule has 0 unspecified atom stereocenters. The highest BCUT2D eigenvalue weighted by molar-refractivity contribution is 7.98. The van der Waals surface area contributed by atoms with E-state index in [1.807, 2.05) is 6.92 Å². The molecule has 1 N–H and O–H groups in total. The van der Waals surface area contributed by atoms with Crippen molar-refractivity contribution in [3.63, 3.8) is 0 Å². The predicted molar refractivity (Wildman–Crippen MR) is 72.4 cm³/mol. The molecule has 0 aliphatic rings. The maximum Gasteiger partial charge on any atom is 0.0898 e. The van der Waals surface area contributed by atoms with Crippen molar-refractivity contribution in [2.24, 2.45) is 0 Å². The highest BCUT2D eigenvalue weighted by Crippen LogP contribution is 2.18. The number of anilines is 1. The van der Waals surface area contributed by atoms with Crippen molar-refractivity contribution in [3.8, 4) is 0 Å². The van der Waals surface area contributed by atoms with E-state index in [0.29, 0.717) is 0 Å². The van der Waals surface area contributed by atoms with Crippen LogP contribution in [0.2, 0.25) is 0 Å². The molecule has 0 bridgehead atoms. The maximum absolute atomic E-state index is 4.41. The van der Waals surface area contributed by atoms with Crippen LogP contribution < -0.4 is 5.32 Å². The number of aryl methyl sites for hydroxylation is 1. The smallest absolute Gasteiger partial charge is 0.0898 e. The highest BCUT2D eigenvalue weighted by atomic mass is 32.2. The lowest BCUT2D eigenvalue weighted by Gasteiger charge is -2.04. The fraction of sp³-hybridized carbons (Fsp3) is 0.250. The third-order valence-electron chi connectivity index (χ3n) is 2.23. The summed E-state index contributed by atoms with van der Waals surface area (Å²) in [5.41, 5.74) is 2.25. The molecule has 0 spiro atoms. The maximum atomic E-state index is 4.41. The van der Waals surface area contributed by atoms with Gasteiger partial charge < -0.3 is 5.32 Å². The minimum atomic E-state index is 0.795. The van der Waals surface area contributed by atoms with Crippen LogP contribution in [0.5, 0.6) is 0 Å². The Hall–Kier alpha value is -1.00. The largest absolute Gasteiger partial charge is 0.379 e. The third kappa shape index (κ3) is 3.00. The van der Waals surface area contributed by atoms with Crippen LogP contribution in [-0.4, -0.2) is 11.2 Å². The molecular formula is C12H14N2S2. The Morgan fingerprint density at radius 2 is 2.06 bits per heavy atom. The molecule has 84 valence electrons. The van der Waals surface area contributed by atoms with Crippen molar-refractivity contribution in [1.29, 1.82) is 0 Å². The number of rotatable bonds is 4. The van der Waals surface area contributed by atoms with Crippen LogP contribution >= 0.6 is 23.1 Å². The van der Waals surface area contributed by atoms with Crippen LogP contribution in [0, 0.1) is 6.92 Å². The monoisotopic (exact) mass is 250 g/mol. The molecule has 0 aliphatic carbocycles. The zero-order valence-electron chi connectivity index (χ0n) is 9.36. The molecule has 16 heavy (non-hydrogen) atoms. The summed E-state index contributed by atoms with van der Waals surface area (Å²) in [7, 11) is 0. The minimum absolute atomic E-state index is 0.795. The Kier molecular flexibility index (Phi) is 3.85. The summed E-state index contributed by atoms with van der Waals surface area (Å²) in [5.74, 6) is 0. The Bertz CT molecular complexity index is 448. The Labute approximate surface area is 104 Å². The molecule has 4 heteroatoms. The first-order valence-corrected chi connectivity index (χ1v) is 7.17. The molecule has 1 aromatic heterocycles. The summed E-state index contributed by atoms with van der Waals surface area (Å²) in [6.45, 7) is 2.82. The van der Waals surface area contributed by atoms with E-state index in [1.165, 1.54) is 4.90 Å². The fourth-order valence-corrected chi connectivity index (χ4v) is 2.41. The van der Waals surface area contributed by atoms with E-state index in [0.717, 1.165) is 22.9 Å². The third-order valence-corrected chi connectivity index (χ3v) is 3.80. The number of hydrogen-bond acceptors (Lipinski definition) is 4. The van der Waals surface area contributed by atoms with Crippen LogP contribution in [0.1, 0.15) is 10.7 Å². The van der Waals surface area contributed by atoms with Crippen molar-refractivity contribution in [2.45, 2.75) is 18.4 Å². The normalized spacial score (nSPS) is 10.4. The minimum Gasteiger partial charge on any atom is -0.379 e. The van der Waals surface area contributed by atoms with Gasteiger partial charge in [-0.05, 0) is 37.4 Å². The summed E-state index contributed by atoms with van der Waals surface area (Å²) >= 11 is 3.45. The Morgan fingerprint density at radius 3 is 2.62 bits per heavy atom. The van der Waals surface area contributed by atoms with Gasteiger partial charge in [-0.15, -0.1) is 23.1 Å². The van der Waals surface area contributed by atoms with Crippen LogP contribution in [0.25, 0.3) is 0 Å². The van der Waals surface area contributed by atoms with E-state index in [-0.39, 0.29) is 0 Å². The number of aromatic nitrogens is 1. The number of nitrogens with one attached hydrogen (secondary N) is 1. The lowest BCUT2D eigenvalue weighted by atomic mass is 10.3. The van der Waals surface area contributed by atoms with Gasteiger partial charge in [0, 0.05) is 16.0 Å². The molecule has 2 rings (SSSR count). The van der Waals surface area contributed by atoms with Gasteiger partial charge in [0.1, 0.15) is 0 Å². The van der Waals surface area contributed by atoms with Crippen LogP contribution in [-0.2, 0) is 6.54 Å². The van der Waals surface area contributed by atoms with E-state index in [1.54, 1.807) is 23.1 Å². The zero-order valence-corrected chi connectivity index (χ0v) is 11.0. The van der Waals surface area contributed by atoms with Crippen molar-refractivity contribution in [2.75, 3.05) is 11.6 Å². The van der Waals surface area contributed by atoms with E-state index >= 15 is 0 Å². The Morgan fingerprint density at radius 1 is 1.31 bits per heavy atom. The first-order chi connectivity index (χ1) is 7.78. The van der Waals surface area contributed by atoms with Gasteiger partial charge in [0.05, 0.1) is 17.2 Å². The van der Waals surface area contributed by atoms with Gasteiger partial charge in [0.2, 0.25) is 0 Å². The molecule has 0 radical (unpaired) electrons. The lowest BCUT2D eigenvalue weighted by Crippen LogP contribution is -1.99. The first kappa shape index (κ1) is 11.5. The molecule has 2 nitrogen and oxygen atoms in total. The molecule has 0 saturated carbocycles. The second kappa shape index (κ2) is 5.37. The number of thioether (sulfide) groups is 1. The fourth-order valence-electron chi connectivity index (χ4n) is 1.39. The van der Waals surface area contributed by atoms with Gasteiger partial charge in [-0.2, -0.15) is 0 Å². The first-order valence-electron chi connectivity index (χ1n) is 5.07. The average Bonchev–Trinajstić information content (AvgIpc) is 2.73. The molecule has 0 aliphatic heterocycles. The van der Waals surface area contributed by atoms with Crippen LogP contribution in [0.4, 0.5) is 5.69 Å². The summed E-state index contributed by atoms with van der Waals surface area (Å²) in [6, 6.07) is 8.45. The molecule has 0 fully saturated rings. The van der Waals surface area contributed by atoms with E-state index in [9.17, 15) is 0 Å². The zero-order chi connectivity index (χ0) is 11.4. The second-order valence-electron chi connectivity index (χ2n) is 3.44. The van der Waals surface area contributed by atoms with Gasteiger partial charge in [-0.1, -0.05) is 0 Å². The van der Waals surface area contributed by atoms with Gasteiger partial charge >= 0.3 is 0 Å². The van der Waals surface area contributed by atoms with Crippen molar-refractivity contribution in [1.82, 2.24) is 4.98 Å². The van der Waals surface area contributed by atoms with Crippen molar-refractivity contribution < 1.29 is 0 Å². The van der Waals surface area contributed by atoms with Crippen molar-refractivity contribution in [3.05, 3.63) is 40.3 Å². The highest BCUT2D eigenvalue weighted by Gasteiger charge is 1.98. The van der Waals surface area contributed by atoms with Crippen molar-refractivity contribution >= 4 is 28.8 Å². The summed E-state index contributed by atoms with van der Waals surface area (Å²) in [5, 5.41) is 6.58.